The largest absolute Gasteiger partial charge is 0.383 e. The first-order chi connectivity index (χ1) is 5.52. The first kappa shape index (κ1) is 11.8. The standard InChI is InChI=1S/C6H16N2O3S/c1-11-6-5-8(4-3-7)12(2,9)10/h3-7H2,1-2H3. The minimum Gasteiger partial charge on any atom is -0.383 e. The fourth-order valence-corrected chi connectivity index (χ4v) is 1.62. The van der Waals surface area contributed by atoms with Crippen LogP contribution in [-0.2, 0) is 14.8 Å². The zero-order chi connectivity index (χ0) is 9.61. The van der Waals surface area contributed by atoms with Crippen molar-refractivity contribution >= 4 is 10.0 Å². The number of hydrogen-bond acceptors (Lipinski definition) is 4. The van der Waals surface area contributed by atoms with E-state index in [1.165, 1.54) is 17.7 Å². The molecule has 0 amide bonds. The molecule has 0 radical (unpaired) electrons. The number of nitrogens with two attached hydrogens (primary N) is 1. The molecular formula is C6H16N2O3S. The van der Waals surface area contributed by atoms with E-state index in [0.29, 0.717) is 26.2 Å². The minimum absolute atomic E-state index is 0.330. The van der Waals surface area contributed by atoms with Crippen LogP contribution in [0.1, 0.15) is 0 Å². The van der Waals surface area contributed by atoms with E-state index in [9.17, 15) is 8.42 Å². The first-order valence-electron chi connectivity index (χ1n) is 3.66. The fourth-order valence-electron chi connectivity index (χ4n) is 0.781. The lowest BCUT2D eigenvalue weighted by Gasteiger charge is -2.17. The highest BCUT2D eigenvalue weighted by Crippen LogP contribution is 1.95. The summed E-state index contributed by atoms with van der Waals surface area (Å²) in [7, 11) is -1.60. The van der Waals surface area contributed by atoms with Gasteiger partial charge in [-0.2, -0.15) is 4.31 Å². The molecule has 0 heterocycles. The van der Waals surface area contributed by atoms with Crippen molar-refractivity contribution in [2.45, 2.75) is 0 Å². The summed E-state index contributed by atoms with van der Waals surface area (Å²) in [6.45, 7) is 1.44. The lowest BCUT2D eigenvalue weighted by Crippen LogP contribution is -2.36. The Bertz CT molecular complexity index is 203. The molecule has 0 atom stereocenters. The molecule has 0 saturated carbocycles. The summed E-state index contributed by atoms with van der Waals surface area (Å²) in [5.74, 6) is 0. The quantitative estimate of drug-likeness (QED) is 0.582. The monoisotopic (exact) mass is 196 g/mol. The Morgan fingerprint density at radius 2 is 2.00 bits per heavy atom. The predicted molar refractivity (Wildman–Crippen MR) is 47.3 cm³/mol. The SMILES string of the molecule is COCCN(CCN)S(C)(=O)=O. The molecule has 0 aliphatic heterocycles. The fraction of sp³-hybridized carbons (Fsp3) is 1.00. The number of ether oxygens (including phenoxy) is 1. The number of methoxy groups -OCH3 is 1. The van der Waals surface area contributed by atoms with E-state index in [-0.39, 0.29) is 0 Å². The van der Waals surface area contributed by atoms with E-state index >= 15 is 0 Å². The molecule has 0 saturated heterocycles. The van der Waals surface area contributed by atoms with E-state index in [4.69, 9.17) is 10.5 Å². The van der Waals surface area contributed by atoms with Gasteiger partial charge in [0.25, 0.3) is 0 Å². The number of sulfonamides is 1. The molecule has 12 heavy (non-hydrogen) atoms. The topological polar surface area (TPSA) is 72.6 Å². The van der Waals surface area contributed by atoms with Gasteiger partial charge in [-0.1, -0.05) is 0 Å². The second-order valence-corrected chi connectivity index (χ2v) is 4.43. The van der Waals surface area contributed by atoms with Crippen molar-refractivity contribution in [3.63, 3.8) is 0 Å². The van der Waals surface area contributed by atoms with E-state index in [1.54, 1.807) is 0 Å². The van der Waals surface area contributed by atoms with Gasteiger partial charge in [0.05, 0.1) is 12.9 Å². The maximum atomic E-state index is 11.0. The van der Waals surface area contributed by atoms with Crippen LogP contribution < -0.4 is 5.73 Å². The van der Waals surface area contributed by atoms with Crippen LogP contribution in [0.25, 0.3) is 0 Å². The maximum Gasteiger partial charge on any atom is 0.211 e. The van der Waals surface area contributed by atoms with Crippen molar-refractivity contribution in [2.24, 2.45) is 5.73 Å². The van der Waals surface area contributed by atoms with E-state index in [2.05, 4.69) is 0 Å². The van der Waals surface area contributed by atoms with Crippen LogP contribution in [0.5, 0.6) is 0 Å². The van der Waals surface area contributed by atoms with Crippen LogP contribution in [-0.4, -0.2) is 52.3 Å². The van der Waals surface area contributed by atoms with E-state index < -0.39 is 10.0 Å². The van der Waals surface area contributed by atoms with Gasteiger partial charge < -0.3 is 10.5 Å². The van der Waals surface area contributed by atoms with E-state index in [0.717, 1.165) is 0 Å². The normalized spacial score (nSPS) is 12.3. The summed E-state index contributed by atoms with van der Waals surface area (Å²) in [4.78, 5) is 0. The van der Waals surface area contributed by atoms with Crippen molar-refractivity contribution in [3.05, 3.63) is 0 Å². The molecule has 0 unspecified atom stereocenters. The van der Waals surface area contributed by atoms with Gasteiger partial charge in [0.2, 0.25) is 10.0 Å². The average Bonchev–Trinajstić information content (AvgIpc) is 1.95. The predicted octanol–water partition coefficient (Wildman–Crippen LogP) is -1.15. The molecule has 0 rings (SSSR count). The zero-order valence-electron chi connectivity index (χ0n) is 7.49. The second kappa shape index (κ2) is 5.47. The Kier molecular flexibility index (Phi) is 5.39. The van der Waals surface area contributed by atoms with Gasteiger partial charge in [0, 0.05) is 26.7 Å². The molecule has 0 aromatic heterocycles. The smallest absolute Gasteiger partial charge is 0.211 e. The lowest BCUT2D eigenvalue weighted by molar-refractivity contribution is 0.180. The highest BCUT2D eigenvalue weighted by Gasteiger charge is 2.14. The van der Waals surface area contributed by atoms with Gasteiger partial charge in [-0.25, -0.2) is 8.42 Å². The van der Waals surface area contributed by atoms with Crippen LogP contribution in [0.2, 0.25) is 0 Å². The highest BCUT2D eigenvalue weighted by molar-refractivity contribution is 7.88. The van der Waals surface area contributed by atoms with Crippen molar-refractivity contribution in [1.82, 2.24) is 4.31 Å². The van der Waals surface area contributed by atoms with Crippen molar-refractivity contribution < 1.29 is 13.2 Å². The van der Waals surface area contributed by atoms with Crippen molar-refractivity contribution in [1.29, 1.82) is 0 Å². The van der Waals surface area contributed by atoms with E-state index in [1.807, 2.05) is 0 Å². The third kappa shape index (κ3) is 4.66. The summed E-state index contributed by atoms with van der Waals surface area (Å²) in [6.07, 6.45) is 1.16. The average molecular weight is 196 g/mol. The Labute approximate surface area is 73.5 Å². The van der Waals surface area contributed by atoms with Gasteiger partial charge in [0.15, 0.2) is 0 Å². The van der Waals surface area contributed by atoms with Crippen LogP contribution in [0.15, 0.2) is 0 Å². The van der Waals surface area contributed by atoms with Gasteiger partial charge in [-0.05, 0) is 0 Å². The molecule has 6 heteroatoms. The zero-order valence-corrected chi connectivity index (χ0v) is 8.30. The Hall–Kier alpha value is -0.170. The third-order valence-corrected chi connectivity index (χ3v) is 2.70. The molecule has 0 aromatic rings. The number of rotatable bonds is 6. The van der Waals surface area contributed by atoms with Crippen LogP contribution >= 0.6 is 0 Å². The molecule has 0 aliphatic carbocycles. The number of hydrogen-bond donors (Lipinski definition) is 1. The van der Waals surface area contributed by atoms with Crippen LogP contribution in [0.4, 0.5) is 0 Å². The van der Waals surface area contributed by atoms with Crippen LogP contribution in [0.3, 0.4) is 0 Å². The number of nitrogens with zero attached hydrogens (tertiary/aromatic N) is 1. The highest BCUT2D eigenvalue weighted by atomic mass is 32.2. The first-order valence-corrected chi connectivity index (χ1v) is 5.51. The van der Waals surface area contributed by atoms with Gasteiger partial charge >= 0.3 is 0 Å². The molecule has 2 N–H and O–H groups in total. The molecule has 0 aliphatic rings. The molecule has 0 aromatic carbocycles. The minimum atomic E-state index is -3.13. The summed E-state index contributed by atoms with van der Waals surface area (Å²) < 4.78 is 28.2. The molecule has 74 valence electrons. The third-order valence-electron chi connectivity index (χ3n) is 1.39. The molecule has 0 bridgehead atoms. The van der Waals surface area contributed by atoms with Gasteiger partial charge in [-0.15, -0.1) is 0 Å². The Morgan fingerprint density at radius 1 is 1.42 bits per heavy atom. The summed E-state index contributed by atoms with van der Waals surface area (Å²) >= 11 is 0. The molecule has 0 fully saturated rings. The second-order valence-electron chi connectivity index (χ2n) is 2.44. The van der Waals surface area contributed by atoms with Crippen LogP contribution in [0, 0.1) is 0 Å². The molecular weight excluding hydrogens is 180 g/mol. The molecule has 5 nitrogen and oxygen atoms in total. The van der Waals surface area contributed by atoms with Gasteiger partial charge in [-0.3, -0.25) is 0 Å². The molecule has 0 spiro atoms. The lowest BCUT2D eigenvalue weighted by atomic mass is 10.6. The summed E-state index contributed by atoms with van der Waals surface area (Å²) in [6, 6.07) is 0. The van der Waals surface area contributed by atoms with Gasteiger partial charge in [0.1, 0.15) is 0 Å². The summed E-state index contributed by atoms with van der Waals surface area (Å²) in [5, 5.41) is 0. The van der Waals surface area contributed by atoms with Crippen molar-refractivity contribution in [2.75, 3.05) is 39.6 Å². The van der Waals surface area contributed by atoms with Crippen molar-refractivity contribution in [3.8, 4) is 0 Å². The Morgan fingerprint density at radius 3 is 2.33 bits per heavy atom. The maximum absolute atomic E-state index is 11.0. The summed E-state index contributed by atoms with van der Waals surface area (Å²) in [5.41, 5.74) is 5.25. The Balaban J connectivity index is 4.05.